The fourth-order valence-electron chi connectivity index (χ4n) is 3.45. The van der Waals surface area contributed by atoms with Gasteiger partial charge in [0.25, 0.3) is 0 Å². The van der Waals surface area contributed by atoms with Gasteiger partial charge in [0.05, 0.1) is 0 Å². The van der Waals surface area contributed by atoms with Crippen LogP contribution in [0.1, 0.15) is 71.6 Å². The van der Waals surface area contributed by atoms with Crippen LogP contribution in [-0.2, 0) is 14.3 Å². The standard InChI is InChI=1S/C25H37N3O4S/c1-8-13-17(4)26-22(29)21(19-15-12-11-14-18(19)9-2)28(10-3)23(30)20(16-33)27-24(31)32-25(5,6)7/h2,11-12,14-15,17,20-21,33H,8,10,13,16H2,1,3-7H3,(H,26,29)(H,27,31). The first-order valence-corrected chi connectivity index (χ1v) is 11.9. The molecule has 7 nitrogen and oxygen atoms in total. The van der Waals surface area contributed by atoms with Crippen LogP contribution in [0.5, 0.6) is 0 Å². The molecular formula is C25H37N3O4S. The average molecular weight is 476 g/mol. The van der Waals surface area contributed by atoms with Gasteiger partial charge in [-0.1, -0.05) is 37.5 Å². The number of ether oxygens (including phenoxy) is 1. The van der Waals surface area contributed by atoms with Crippen LogP contribution in [-0.4, -0.2) is 52.8 Å². The van der Waals surface area contributed by atoms with Crippen molar-refractivity contribution in [2.75, 3.05) is 12.3 Å². The molecule has 3 unspecified atom stereocenters. The molecule has 0 spiro atoms. The van der Waals surface area contributed by atoms with E-state index in [4.69, 9.17) is 11.2 Å². The molecule has 0 aromatic heterocycles. The van der Waals surface area contributed by atoms with Crippen LogP contribution in [0.4, 0.5) is 4.79 Å². The van der Waals surface area contributed by atoms with Crippen LogP contribution in [0.2, 0.25) is 0 Å². The SMILES string of the molecule is C#Cc1ccccc1C(C(=O)NC(C)CCC)N(CC)C(=O)C(CS)NC(=O)OC(C)(C)C. The first-order valence-electron chi connectivity index (χ1n) is 11.3. The minimum absolute atomic E-state index is 0.0337. The summed E-state index contributed by atoms with van der Waals surface area (Å²) < 4.78 is 5.28. The number of hydrogen-bond donors (Lipinski definition) is 3. The first kappa shape index (κ1) is 28.4. The van der Waals surface area contributed by atoms with Gasteiger partial charge in [-0.3, -0.25) is 9.59 Å². The molecule has 33 heavy (non-hydrogen) atoms. The second-order valence-electron chi connectivity index (χ2n) is 8.84. The number of thiol groups is 1. The summed E-state index contributed by atoms with van der Waals surface area (Å²) in [6, 6.07) is 5.03. The van der Waals surface area contributed by atoms with Crippen molar-refractivity contribution in [1.29, 1.82) is 0 Å². The summed E-state index contributed by atoms with van der Waals surface area (Å²) in [7, 11) is 0. The highest BCUT2D eigenvalue weighted by atomic mass is 32.1. The molecule has 3 atom stereocenters. The third-order valence-electron chi connectivity index (χ3n) is 4.88. The molecule has 0 bridgehead atoms. The molecule has 1 rings (SSSR count). The maximum absolute atomic E-state index is 13.5. The number of hydrogen-bond acceptors (Lipinski definition) is 5. The Bertz CT molecular complexity index is 860. The van der Waals surface area contributed by atoms with Gasteiger partial charge in [0.2, 0.25) is 11.8 Å². The van der Waals surface area contributed by atoms with Crippen molar-refractivity contribution in [3.63, 3.8) is 0 Å². The van der Waals surface area contributed by atoms with E-state index >= 15 is 0 Å². The van der Waals surface area contributed by atoms with E-state index in [1.165, 1.54) is 4.90 Å². The number of rotatable bonds is 10. The molecule has 1 aromatic rings. The maximum atomic E-state index is 13.5. The van der Waals surface area contributed by atoms with Gasteiger partial charge in [-0.2, -0.15) is 12.6 Å². The molecule has 0 aliphatic carbocycles. The van der Waals surface area contributed by atoms with E-state index in [1.807, 2.05) is 13.8 Å². The normalized spacial score (nSPS) is 13.8. The zero-order valence-electron chi connectivity index (χ0n) is 20.5. The van der Waals surface area contributed by atoms with Crippen molar-refractivity contribution in [3.05, 3.63) is 35.4 Å². The van der Waals surface area contributed by atoms with Gasteiger partial charge >= 0.3 is 6.09 Å². The third kappa shape index (κ3) is 8.65. The number of carbonyl (C=O) groups is 3. The molecule has 0 aliphatic heterocycles. The van der Waals surface area contributed by atoms with Gasteiger partial charge in [0.15, 0.2) is 0 Å². The summed E-state index contributed by atoms with van der Waals surface area (Å²) in [4.78, 5) is 40.6. The Morgan fingerprint density at radius 2 is 1.82 bits per heavy atom. The van der Waals surface area contributed by atoms with E-state index in [0.29, 0.717) is 11.1 Å². The van der Waals surface area contributed by atoms with E-state index in [-0.39, 0.29) is 24.2 Å². The lowest BCUT2D eigenvalue weighted by Gasteiger charge is -2.34. The Balaban J connectivity index is 3.34. The summed E-state index contributed by atoms with van der Waals surface area (Å²) in [5, 5.41) is 5.57. The molecule has 0 aliphatic rings. The number of carbonyl (C=O) groups excluding carboxylic acids is 3. The fourth-order valence-corrected chi connectivity index (χ4v) is 3.69. The van der Waals surface area contributed by atoms with Crippen molar-refractivity contribution in [2.45, 2.75) is 78.1 Å². The van der Waals surface area contributed by atoms with Crippen molar-refractivity contribution < 1.29 is 19.1 Å². The number of benzene rings is 1. The Kier molecular flexibility index (Phi) is 11.3. The Morgan fingerprint density at radius 3 is 2.33 bits per heavy atom. The molecule has 8 heteroatoms. The minimum atomic E-state index is -0.982. The molecule has 0 radical (unpaired) electrons. The van der Waals surface area contributed by atoms with E-state index in [0.717, 1.165) is 12.8 Å². The molecule has 0 saturated carbocycles. The molecule has 0 heterocycles. The summed E-state index contributed by atoms with van der Waals surface area (Å²) in [6.45, 7) is 11.2. The number of nitrogens with zero attached hydrogens (tertiary/aromatic N) is 1. The number of alkyl carbamates (subject to hydrolysis) is 1. The Morgan fingerprint density at radius 1 is 1.18 bits per heavy atom. The molecule has 0 fully saturated rings. The topological polar surface area (TPSA) is 87.7 Å². The highest BCUT2D eigenvalue weighted by molar-refractivity contribution is 7.80. The van der Waals surface area contributed by atoms with Crippen LogP contribution in [0.25, 0.3) is 0 Å². The van der Waals surface area contributed by atoms with Crippen LogP contribution in [0.15, 0.2) is 24.3 Å². The van der Waals surface area contributed by atoms with E-state index in [9.17, 15) is 14.4 Å². The van der Waals surface area contributed by atoms with Gasteiger partial charge < -0.3 is 20.3 Å². The zero-order valence-corrected chi connectivity index (χ0v) is 21.4. The van der Waals surface area contributed by atoms with E-state index in [2.05, 4.69) is 29.2 Å². The van der Waals surface area contributed by atoms with Crippen molar-refractivity contribution in [2.24, 2.45) is 0 Å². The van der Waals surface area contributed by atoms with Gasteiger partial charge in [-0.05, 0) is 52.7 Å². The third-order valence-corrected chi connectivity index (χ3v) is 5.24. The lowest BCUT2D eigenvalue weighted by molar-refractivity contribution is -0.142. The molecule has 1 aromatic carbocycles. The largest absolute Gasteiger partial charge is 0.444 e. The molecule has 3 amide bonds. The van der Waals surface area contributed by atoms with Crippen LogP contribution < -0.4 is 10.6 Å². The lowest BCUT2D eigenvalue weighted by Crippen LogP contribution is -2.54. The van der Waals surface area contributed by atoms with E-state index < -0.39 is 29.7 Å². The first-order chi connectivity index (χ1) is 15.5. The summed E-state index contributed by atoms with van der Waals surface area (Å²) >= 11 is 4.25. The van der Waals surface area contributed by atoms with Gasteiger partial charge in [-0.25, -0.2) is 4.79 Å². The van der Waals surface area contributed by atoms with Crippen LogP contribution >= 0.6 is 12.6 Å². The highest BCUT2D eigenvalue weighted by Crippen LogP contribution is 2.26. The Hall–Kier alpha value is -2.66. The number of terminal acetylenes is 1. The second kappa shape index (κ2) is 13.1. The summed E-state index contributed by atoms with van der Waals surface area (Å²) in [6.07, 6.45) is 6.67. The molecule has 0 saturated heterocycles. The number of likely N-dealkylation sites (N-methyl/N-ethyl adjacent to an activating group) is 1. The number of amides is 3. The predicted molar refractivity (Wildman–Crippen MR) is 134 cm³/mol. The lowest BCUT2D eigenvalue weighted by atomic mass is 9.97. The van der Waals surface area contributed by atoms with Crippen molar-refractivity contribution in [1.82, 2.24) is 15.5 Å². The van der Waals surface area contributed by atoms with Crippen LogP contribution in [0.3, 0.4) is 0 Å². The molecule has 2 N–H and O–H groups in total. The smallest absolute Gasteiger partial charge is 0.408 e. The average Bonchev–Trinajstić information content (AvgIpc) is 2.74. The quantitative estimate of drug-likeness (QED) is 0.356. The highest BCUT2D eigenvalue weighted by Gasteiger charge is 2.36. The van der Waals surface area contributed by atoms with Gasteiger partial charge in [0.1, 0.15) is 17.7 Å². The summed E-state index contributed by atoms with van der Waals surface area (Å²) in [5.41, 5.74) is 0.351. The summed E-state index contributed by atoms with van der Waals surface area (Å²) in [5.74, 6) is 1.86. The monoisotopic (exact) mass is 475 g/mol. The zero-order chi connectivity index (χ0) is 25.2. The Labute approximate surface area is 203 Å². The van der Waals surface area contributed by atoms with Gasteiger partial charge in [-0.15, -0.1) is 6.42 Å². The molecular weight excluding hydrogens is 438 g/mol. The number of nitrogens with one attached hydrogen (secondary N) is 2. The predicted octanol–water partition coefficient (Wildman–Crippen LogP) is 3.69. The van der Waals surface area contributed by atoms with E-state index in [1.54, 1.807) is 52.0 Å². The fraction of sp³-hybridized carbons (Fsp3) is 0.560. The van der Waals surface area contributed by atoms with Gasteiger partial charge in [0, 0.05) is 23.9 Å². The van der Waals surface area contributed by atoms with Crippen LogP contribution in [0, 0.1) is 12.3 Å². The van der Waals surface area contributed by atoms with Crippen molar-refractivity contribution in [3.8, 4) is 12.3 Å². The molecule has 182 valence electrons. The second-order valence-corrected chi connectivity index (χ2v) is 9.20. The minimum Gasteiger partial charge on any atom is -0.444 e. The maximum Gasteiger partial charge on any atom is 0.408 e. The van der Waals surface area contributed by atoms with Crippen molar-refractivity contribution >= 4 is 30.5 Å².